The molecule has 152 valence electrons. The van der Waals surface area contributed by atoms with E-state index in [1.165, 1.54) is 36.5 Å². The molecule has 29 heavy (non-hydrogen) atoms. The zero-order chi connectivity index (χ0) is 21.0. The van der Waals surface area contributed by atoms with E-state index in [9.17, 15) is 14.0 Å². The number of aromatic nitrogens is 3. The molecule has 0 fully saturated rings. The van der Waals surface area contributed by atoms with E-state index in [0.717, 1.165) is 4.88 Å². The highest BCUT2D eigenvalue weighted by Crippen LogP contribution is 2.25. The van der Waals surface area contributed by atoms with Gasteiger partial charge < -0.3 is 4.74 Å². The first kappa shape index (κ1) is 20.7. The number of hydrazine groups is 1. The van der Waals surface area contributed by atoms with Crippen LogP contribution in [0.3, 0.4) is 0 Å². The third-order valence-corrected chi connectivity index (χ3v) is 5.19. The molecule has 8 nitrogen and oxygen atoms in total. The summed E-state index contributed by atoms with van der Waals surface area (Å²) in [7, 11) is 0. The number of ether oxygens (including phenoxy) is 1. The van der Waals surface area contributed by atoms with E-state index in [2.05, 4.69) is 21.0 Å². The van der Waals surface area contributed by atoms with Gasteiger partial charge in [-0.25, -0.2) is 4.39 Å². The molecule has 0 bridgehead atoms. The number of H-pyrrole nitrogens is 1. The maximum atomic E-state index is 13.6. The van der Waals surface area contributed by atoms with E-state index in [4.69, 9.17) is 17.0 Å². The lowest BCUT2D eigenvalue weighted by Crippen LogP contribution is -2.49. The van der Waals surface area contributed by atoms with Crippen molar-refractivity contribution in [1.82, 2.24) is 25.6 Å². The van der Waals surface area contributed by atoms with Gasteiger partial charge in [0, 0.05) is 0 Å². The van der Waals surface area contributed by atoms with Gasteiger partial charge in [-0.05, 0) is 49.6 Å². The molecule has 11 heteroatoms. The summed E-state index contributed by atoms with van der Waals surface area (Å²) in [5.41, 5.74) is 4.61. The van der Waals surface area contributed by atoms with Gasteiger partial charge in [0.25, 0.3) is 11.8 Å². The molecule has 3 N–H and O–H groups in total. The van der Waals surface area contributed by atoms with Crippen molar-refractivity contribution in [2.45, 2.75) is 26.0 Å². The third kappa shape index (κ3) is 4.69. The number of nitrogens with one attached hydrogen (secondary N) is 3. The van der Waals surface area contributed by atoms with Crippen LogP contribution in [0.4, 0.5) is 4.39 Å². The van der Waals surface area contributed by atoms with Crippen LogP contribution in [0.5, 0.6) is 5.75 Å². The standard InChI is InChI=1S/C18H18FN5O3S2/c1-10(24-15(20-23-18(24)28)14-8-5-9-29-14)16(25)21-22-17(26)11(2)27-13-7-4-3-6-12(13)19/h3-11H,1-2H3,(H,21,25)(H,22,26)(H,23,28). The molecule has 0 saturated carbocycles. The zero-order valence-corrected chi connectivity index (χ0v) is 17.1. The van der Waals surface area contributed by atoms with Crippen LogP contribution in [0, 0.1) is 10.6 Å². The van der Waals surface area contributed by atoms with Crippen LogP contribution in [0.15, 0.2) is 41.8 Å². The Kier molecular flexibility index (Phi) is 6.39. The number of nitrogens with zero attached hydrogens (tertiary/aromatic N) is 2. The molecule has 0 radical (unpaired) electrons. The second-order valence-electron chi connectivity index (χ2n) is 6.04. The fourth-order valence-electron chi connectivity index (χ4n) is 2.47. The van der Waals surface area contributed by atoms with Gasteiger partial charge in [0.15, 0.2) is 28.3 Å². The van der Waals surface area contributed by atoms with Crippen molar-refractivity contribution in [3.63, 3.8) is 0 Å². The normalized spacial score (nSPS) is 12.8. The highest BCUT2D eigenvalue weighted by Gasteiger charge is 2.23. The number of rotatable bonds is 6. The number of halogens is 1. The predicted octanol–water partition coefficient (Wildman–Crippen LogP) is 2.98. The number of hydrogen-bond donors (Lipinski definition) is 3. The van der Waals surface area contributed by atoms with E-state index in [-0.39, 0.29) is 10.5 Å². The maximum Gasteiger partial charge on any atom is 0.279 e. The van der Waals surface area contributed by atoms with Crippen molar-refractivity contribution in [3.05, 3.63) is 52.4 Å². The first-order valence-corrected chi connectivity index (χ1v) is 9.89. The monoisotopic (exact) mass is 435 g/mol. The largest absolute Gasteiger partial charge is 0.478 e. The molecule has 2 aromatic heterocycles. The van der Waals surface area contributed by atoms with Crippen LogP contribution in [-0.4, -0.2) is 32.7 Å². The van der Waals surface area contributed by atoms with Crippen molar-refractivity contribution in [3.8, 4) is 16.5 Å². The number of para-hydroxylation sites is 1. The van der Waals surface area contributed by atoms with Crippen LogP contribution < -0.4 is 15.6 Å². The SMILES string of the molecule is CC(Oc1ccccc1F)C(=O)NNC(=O)C(C)n1c(-c2cccs2)n[nH]c1=S. The molecule has 3 rings (SSSR count). The van der Waals surface area contributed by atoms with E-state index < -0.39 is 29.8 Å². The Morgan fingerprint density at radius 3 is 2.62 bits per heavy atom. The fraction of sp³-hybridized carbons (Fsp3) is 0.222. The highest BCUT2D eigenvalue weighted by molar-refractivity contribution is 7.71. The predicted molar refractivity (Wildman–Crippen MR) is 108 cm³/mol. The summed E-state index contributed by atoms with van der Waals surface area (Å²) < 4.78 is 20.8. The van der Waals surface area contributed by atoms with Gasteiger partial charge in [0.05, 0.1) is 4.88 Å². The quantitative estimate of drug-likeness (QED) is 0.408. The number of carbonyl (C=O) groups is 2. The number of carbonyl (C=O) groups excluding carboxylic acids is 2. The van der Waals surface area contributed by atoms with E-state index in [1.54, 1.807) is 17.6 Å². The second kappa shape index (κ2) is 8.97. The van der Waals surface area contributed by atoms with Crippen molar-refractivity contribution in [2.24, 2.45) is 0 Å². The molecule has 0 aliphatic rings. The van der Waals surface area contributed by atoms with Gasteiger partial charge in [0.1, 0.15) is 6.04 Å². The van der Waals surface area contributed by atoms with E-state index >= 15 is 0 Å². The van der Waals surface area contributed by atoms with Crippen molar-refractivity contribution in [2.75, 3.05) is 0 Å². The number of benzene rings is 1. The summed E-state index contributed by atoms with van der Waals surface area (Å²) in [6, 6.07) is 8.72. The average molecular weight is 436 g/mol. The zero-order valence-electron chi connectivity index (χ0n) is 15.5. The summed E-state index contributed by atoms with van der Waals surface area (Å²) in [5, 5.41) is 8.74. The first-order valence-electron chi connectivity index (χ1n) is 8.60. The summed E-state index contributed by atoms with van der Waals surface area (Å²) >= 11 is 6.69. The summed E-state index contributed by atoms with van der Waals surface area (Å²) in [5.74, 6) is -1.26. The highest BCUT2D eigenvalue weighted by atomic mass is 32.1. The van der Waals surface area contributed by atoms with Crippen LogP contribution in [0.25, 0.3) is 10.7 Å². The van der Waals surface area contributed by atoms with Crippen LogP contribution in [0.2, 0.25) is 0 Å². The minimum atomic E-state index is -1.03. The van der Waals surface area contributed by atoms with Gasteiger partial charge in [-0.1, -0.05) is 18.2 Å². The number of hydrogen-bond acceptors (Lipinski definition) is 6. The lowest BCUT2D eigenvalue weighted by atomic mass is 10.3. The lowest BCUT2D eigenvalue weighted by molar-refractivity contribution is -0.133. The molecule has 2 unspecified atom stereocenters. The molecule has 2 amide bonds. The Bertz CT molecular complexity index is 1060. The molecule has 0 aliphatic heterocycles. The second-order valence-corrected chi connectivity index (χ2v) is 7.38. The van der Waals surface area contributed by atoms with E-state index in [0.29, 0.717) is 5.82 Å². The first-order chi connectivity index (χ1) is 13.9. The Balaban J connectivity index is 1.62. The topological polar surface area (TPSA) is 101 Å². The van der Waals surface area contributed by atoms with E-state index in [1.807, 2.05) is 17.5 Å². The Morgan fingerprint density at radius 2 is 1.93 bits per heavy atom. The van der Waals surface area contributed by atoms with Gasteiger partial charge in [-0.2, -0.15) is 5.10 Å². The molecule has 3 aromatic rings. The number of aromatic amines is 1. The Hall–Kier alpha value is -3.05. The molecular formula is C18H18FN5O3S2. The average Bonchev–Trinajstić information content (AvgIpc) is 3.36. The Labute approximate surface area is 174 Å². The molecule has 2 atom stereocenters. The van der Waals surface area contributed by atoms with Crippen molar-refractivity contribution in [1.29, 1.82) is 0 Å². The summed E-state index contributed by atoms with van der Waals surface area (Å²) in [6.07, 6.45) is -1.03. The fourth-order valence-corrected chi connectivity index (χ4v) is 3.47. The molecule has 0 spiro atoms. The van der Waals surface area contributed by atoms with Gasteiger partial charge in [0.2, 0.25) is 0 Å². The molecular weight excluding hydrogens is 417 g/mol. The van der Waals surface area contributed by atoms with Crippen LogP contribution in [0.1, 0.15) is 19.9 Å². The summed E-state index contributed by atoms with van der Waals surface area (Å²) in [4.78, 5) is 25.5. The van der Waals surface area contributed by atoms with Crippen molar-refractivity contribution >= 4 is 35.4 Å². The van der Waals surface area contributed by atoms with Gasteiger partial charge in [-0.15, -0.1) is 11.3 Å². The van der Waals surface area contributed by atoms with Crippen LogP contribution in [-0.2, 0) is 9.59 Å². The smallest absolute Gasteiger partial charge is 0.279 e. The van der Waals surface area contributed by atoms with Crippen LogP contribution >= 0.6 is 23.6 Å². The number of amides is 2. The molecule has 2 heterocycles. The molecule has 1 aromatic carbocycles. The molecule has 0 saturated heterocycles. The molecule has 0 aliphatic carbocycles. The lowest BCUT2D eigenvalue weighted by Gasteiger charge is -2.18. The number of thiophene rings is 1. The summed E-state index contributed by atoms with van der Waals surface area (Å²) in [6.45, 7) is 3.07. The third-order valence-electron chi connectivity index (χ3n) is 4.03. The van der Waals surface area contributed by atoms with Gasteiger partial charge >= 0.3 is 0 Å². The minimum absolute atomic E-state index is 0.0554. The minimum Gasteiger partial charge on any atom is -0.478 e. The maximum absolute atomic E-state index is 13.6. The van der Waals surface area contributed by atoms with Gasteiger partial charge in [-0.3, -0.25) is 30.1 Å². The Morgan fingerprint density at radius 1 is 1.21 bits per heavy atom. The van der Waals surface area contributed by atoms with Crippen molar-refractivity contribution < 1.29 is 18.7 Å².